The highest BCUT2D eigenvalue weighted by molar-refractivity contribution is 5.67. The molecule has 3 rings (SSSR count). The van der Waals surface area contributed by atoms with Gasteiger partial charge in [-0.3, -0.25) is 0 Å². The van der Waals surface area contributed by atoms with E-state index < -0.39 is 0 Å². The van der Waals surface area contributed by atoms with Crippen LogP contribution in [-0.4, -0.2) is 29.0 Å². The van der Waals surface area contributed by atoms with Crippen molar-refractivity contribution in [1.29, 1.82) is 0 Å². The van der Waals surface area contributed by atoms with E-state index in [2.05, 4.69) is 45.3 Å². The molecule has 0 aliphatic carbocycles. The van der Waals surface area contributed by atoms with Crippen LogP contribution in [0.4, 0.5) is 5.82 Å². The second-order valence-corrected chi connectivity index (χ2v) is 4.81. The normalized spacial score (nSPS) is 10.5. The maximum atomic E-state index is 4.43. The average molecular weight is 264 g/mol. The predicted octanol–water partition coefficient (Wildman–Crippen LogP) is 3.20. The van der Waals surface area contributed by atoms with Gasteiger partial charge in [-0.05, 0) is 17.7 Å². The molecule has 1 aromatic carbocycles. The number of aromatic amines is 1. The highest BCUT2D eigenvalue weighted by atomic mass is 15.1. The summed E-state index contributed by atoms with van der Waals surface area (Å²) < 4.78 is 0. The summed E-state index contributed by atoms with van der Waals surface area (Å²) in [6, 6.07) is 12.4. The van der Waals surface area contributed by atoms with Gasteiger partial charge in [-0.25, -0.2) is 9.97 Å². The molecule has 0 saturated heterocycles. The maximum Gasteiger partial charge on any atom is 0.137 e. The quantitative estimate of drug-likeness (QED) is 0.790. The first-order chi connectivity index (χ1) is 9.74. The molecule has 4 nitrogen and oxygen atoms in total. The number of hydrogen-bond donors (Lipinski definition) is 1. The van der Waals surface area contributed by atoms with E-state index in [0.29, 0.717) is 0 Å². The Bertz CT molecular complexity index is 668. The molecule has 100 valence electrons. The number of nitrogens with zero attached hydrogens (tertiary/aromatic N) is 3. The van der Waals surface area contributed by atoms with Gasteiger partial charge in [0, 0.05) is 43.8 Å². The predicted molar refractivity (Wildman–Crippen MR) is 81.6 cm³/mol. The van der Waals surface area contributed by atoms with Gasteiger partial charge in [-0.2, -0.15) is 0 Å². The molecule has 3 aromatic rings. The lowest BCUT2D eigenvalue weighted by Gasteiger charge is -2.11. The first-order valence-electron chi connectivity index (χ1n) is 6.47. The molecular formula is C16H16N4. The van der Waals surface area contributed by atoms with Gasteiger partial charge in [0.05, 0.1) is 0 Å². The van der Waals surface area contributed by atoms with E-state index in [1.165, 1.54) is 0 Å². The Morgan fingerprint density at radius 3 is 2.10 bits per heavy atom. The van der Waals surface area contributed by atoms with E-state index >= 15 is 0 Å². The van der Waals surface area contributed by atoms with Gasteiger partial charge in [-0.1, -0.05) is 24.3 Å². The molecule has 0 spiro atoms. The van der Waals surface area contributed by atoms with Crippen molar-refractivity contribution in [2.75, 3.05) is 19.0 Å². The van der Waals surface area contributed by atoms with Crippen LogP contribution in [-0.2, 0) is 0 Å². The maximum absolute atomic E-state index is 4.43. The summed E-state index contributed by atoms with van der Waals surface area (Å²) >= 11 is 0. The number of hydrogen-bond acceptors (Lipinski definition) is 3. The largest absolute Gasteiger partial charge is 0.363 e. The van der Waals surface area contributed by atoms with Crippen molar-refractivity contribution in [1.82, 2.24) is 15.0 Å². The van der Waals surface area contributed by atoms with E-state index in [9.17, 15) is 0 Å². The zero-order chi connectivity index (χ0) is 13.9. The molecule has 0 aliphatic heterocycles. The Kier molecular flexibility index (Phi) is 3.21. The minimum absolute atomic E-state index is 0.887. The van der Waals surface area contributed by atoms with Crippen molar-refractivity contribution in [2.45, 2.75) is 0 Å². The molecule has 0 aliphatic rings. The standard InChI is InChI=1S/C16H16N4/c1-20(2)15-8-7-14(11-19-15)12-3-5-13(6-4-12)16-17-9-10-18-16/h3-11H,1-2H3,(H,17,18). The van der Waals surface area contributed by atoms with Crippen LogP contribution >= 0.6 is 0 Å². The lowest BCUT2D eigenvalue weighted by Crippen LogP contribution is -2.09. The number of rotatable bonds is 3. The summed E-state index contributed by atoms with van der Waals surface area (Å²) in [5.41, 5.74) is 3.34. The Morgan fingerprint density at radius 2 is 1.55 bits per heavy atom. The number of pyridine rings is 1. The van der Waals surface area contributed by atoms with E-state index in [0.717, 1.165) is 28.3 Å². The number of nitrogens with one attached hydrogen (secondary N) is 1. The van der Waals surface area contributed by atoms with Gasteiger partial charge in [-0.15, -0.1) is 0 Å². The number of benzene rings is 1. The molecular weight excluding hydrogens is 248 g/mol. The van der Waals surface area contributed by atoms with Crippen LogP contribution in [0.3, 0.4) is 0 Å². The van der Waals surface area contributed by atoms with Crippen LogP contribution in [0.5, 0.6) is 0 Å². The Labute approximate surface area is 118 Å². The van der Waals surface area contributed by atoms with Gasteiger partial charge in [0.25, 0.3) is 0 Å². The number of anilines is 1. The first-order valence-corrected chi connectivity index (χ1v) is 6.47. The van der Waals surface area contributed by atoms with Crippen molar-refractivity contribution < 1.29 is 0 Å². The van der Waals surface area contributed by atoms with Crippen LogP contribution in [0.2, 0.25) is 0 Å². The number of imidazole rings is 1. The monoisotopic (exact) mass is 264 g/mol. The number of H-pyrrole nitrogens is 1. The van der Waals surface area contributed by atoms with Crippen molar-refractivity contribution in [3.8, 4) is 22.5 Å². The summed E-state index contributed by atoms with van der Waals surface area (Å²) in [5, 5.41) is 0. The van der Waals surface area contributed by atoms with Crippen LogP contribution in [0.25, 0.3) is 22.5 Å². The third-order valence-electron chi connectivity index (χ3n) is 3.20. The van der Waals surface area contributed by atoms with E-state index in [1.807, 2.05) is 37.5 Å². The SMILES string of the molecule is CN(C)c1ccc(-c2ccc(-c3ncc[nH]3)cc2)cn1. The molecule has 0 fully saturated rings. The molecule has 2 aromatic heterocycles. The number of aromatic nitrogens is 3. The Hall–Kier alpha value is -2.62. The molecule has 4 heteroatoms. The second-order valence-electron chi connectivity index (χ2n) is 4.81. The van der Waals surface area contributed by atoms with Crippen LogP contribution < -0.4 is 4.90 Å². The van der Waals surface area contributed by atoms with E-state index in [1.54, 1.807) is 6.20 Å². The van der Waals surface area contributed by atoms with Crippen LogP contribution in [0, 0.1) is 0 Å². The lowest BCUT2D eigenvalue weighted by atomic mass is 10.1. The summed E-state index contributed by atoms with van der Waals surface area (Å²) in [7, 11) is 3.97. The van der Waals surface area contributed by atoms with Gasteiger partial charge in [0.2, 0.25) is 0 Å². The molecule has 0 atom stereocenters. The van der Waals surface area contributed by atoms with Gasteiger partial charge in [0.15, 0.2) is 0 Å². The van der Waals surface area contributed by atoms with Crippen molar-refractivity contribution in [2.24, 2.45) is 0 Å². The molecule has 20 heavy (non-hydrogen) atoms. The fraction of sp³-hybridized carbons (Fsp3) is 0.125. The zero-order valence-corrected chi connectivity index (χ0v) is 11.5. The third kappa shape index (κ3) is 2.40. The summed E-state index contributed by atoms with van der Waals surface area (Å²) in [6.07, 6.45) is 5.48. The fourth-order valence-corrected chi connectivity index (χ4v) is 2.07. The highest BCUT2D eigenvalue weighted by Gasteiger charge is 2.03. The molecule has 2 heterocycles. The molecule has 1 N–H and O–H groups in total. The zero-order valence-electron chi connectivity index (χ0n) is 11.5. The molecule has 0 radical (unpaired) electrons. The van der Waals surface area contributed by atoms with Gasteiger partial charge < -0.3 is 9.88 Å². The Morgan fingerprint density at radius 1 is 0.850 bits per heavy atom. The molecule has 0 bridgehead atoms. The van der Waals surface area contributed by atoms with Crippen molar-refractivity contribution in [3.63, 3.8) is 0 Å². The molecule has 0 saturated carbocycles. The lowest BCUT2D eigenvalue weighted by molar-refractivity contribution is 1.07. The van der Waals surface area contributed by atoms with Crippen LogP contribution in [0.1, 0.15) is 0 Å². The van der Waals surface area contributed by atoms with Gasteiger partial charge in [0.1, 0.15) is 11.6 Å². The Balaban J connectivity index is 1.87. The van der Waals surface area contributed by atoms with E-state index in [4.69, 9.17) is 0 Å². The summed E-state index contributed by atoms with van der Waals surface area (Å²) in [6.45, 7) is 0. The van der Waals surface area contributed by atoms with Crippen molar-refractivity contribution >= 4 is 5.82 Å². The summed E-state index contributed by atoms with van der Waals surface area (Å²) in [4.78, 5) is 13.8. The van der Waals surface area contributed by atoms with Gasteiger partial charge >= 0.3 is 0 Å². The molecule has 0 amide bonds. The summed E-state index contributed by atoms with van der Waals surface area (Å²) in [5.74, 6) is 1.85. The highest BCUT2D eigenvalue weighted by Crippen LogP contribution is 2.23. The smallest absolute Gasteiger partial charge is 0.137 e. The molecule has 0 unspecified atom stereocenters. The minimum Gasteiger partial charge on any atom is -0.363 e. The first kappa shape index (κ1) is 12.4. The fourth-order valence-electron chi connectivity index (χ4n) is 2.07. The minimum atomic E-state index is 0.887. The van der Waals surface area contributed by atoms with Crippen LogP contribution in [0.15, 0.2) is 55.0 Å². The third-order valence-corrected chi connectivity index (χ3v) is 3.20. The average Bonchev–Trinajstić information content (AvgIpc) is 3.02. The van der Waals surface area contributed by atoms with Crippen molar-refractivity contribution in [3.05, 3.63) is 55.0 Å². The topological polar surface area (TPSA) is 44.8 Å². The van der Waals surface area contributed by atoms with E-state index in [-0.39, 0.29) is 0 Å². The second kappa shape index (κ2) is 5.17.